The maximum Gasteiger partial charge on any atom is 0.490 e. The minimum Gasteiger partial charge on any atom is -0.387 e. The van der Waals surface area contributed by atoms with Crippen molar-refractivity contribution in [2.24, 2.45) is 0 Å². The van der Waals surface area contributed by atoms with Crippen LogP contribution >= 0.6 is 23.5 Å². The number of phosphoric ester groups is 1. The van der Waals surface area contributed by atoms with Gasteiger partial charge in [0.1, 0.15) is 30.1 Å². The molecule has 3 rings (SSSR count). The molecular weight excluding hydrogens is 551 g/mol. The third-order valence-electron chi connectivity index (χ3n) is 4.56. The van der Waals surface area contributed by atoms with Gasteiger partial charge in [-0.1, -0.05) is 0 Å². The van der Waals surface area contributed by atoms with Gasteiger partial charge in [0.15, 0.2) is 11.6 Å². The number of H-pyrrole nitrogens is 1. The number of pyridine rings is 2. The molecule has 1 saturated heterocycles. The smallest absolute Gasteiger partial charge is 0.387 e. The van der Waals surface area contributed by atoms with Gasteiger partial charge in [-0.15, -0.1) is 0 Å². The number of nitrogens with zero attached hydrogens (tertiary/aromatic N) is 1. The average molecular weight is 568 g/mol. The average Bonchev–Trinajstić information content (AvgIpc) is 2.96. The monoisotopic (exact) mass is 568 g/mol. The number of aryl methyl sites for hydroxylation is 1. The van der Waals surface area contributed by atoms with Crippen molar-refractivity contribution in [3.05, 3.63) is 39.3 Å². The zero-order chi connectivity index (χ0) is 26.5. The van der Waals surface area contributed by atoms with Crippen LogP contribution in [0.1, 0.15) is 17.4 Å². The SMILES string of the molecule is Cc1nc2[nH]c(=O)c([C@@H]3O[C@H](COP(=O)(O)OP(=O)(O)OP(=O)(O)O)[C@H](O)C3O)cc2c(F)c1F. The highest BCUT2D eigenvalue weighted by molar-refractivity contribution is 7.66. The molecule has 1 fully saturated rings. The second-order valence-electron chi connectivity index (χ2n) is 7.10. The van der Waals surface area contributed by atoms with Crippen LogP contribution in [0.5, 0.6) is 0 Å². The van der Waals surface area contributed by atoms with E-state index in [2.05, 4.69) is 23.1 Å². The van der Waals surface area contributed by atoms with Crippen LogP contribution in [-0.2, 0) is 31.6 Å². The van der Waals surface area contributed by atoms with E-state index in [1.165, 1.54) is 0 Å². The first kappa shape index (κ1) is 28.1. The van der Waals surface area contributed by atoms with Gasteiger partial charge in [0.05, 0.1) is 17.7 Å². The molecule has 1 aliphatic rings. The lowest BCUT2D eigenvalue weighted by atomic mass is 10.0. The van der Waals surface area contributed by atoms with Gasteiger partial charge >= 0.3 is 23.5 Å². The Hall–Kier alpha value is -1.49. The van der Waals surface area contributed by atoms with E-state index in [4.69, 9.17) is 19.4 Å². The Bertz CT molecular complexity index is 1350. The van der Waals surface area contributed by atoms with Crippen LogP contribution in [0.3, 0.4) is 0 Å². The normalized spacial score (nSPS) is 26.5. The molecule has 3 heterocycles. The topological polar surface area (TPSA) is 255 Å². The molecule has 1 aliphatic heterocycles. The Morgan fingerprint density at radius 1 is 1.06 bits per heavy atom. The molecule has 7 N–H and O–H groups in total. The van der Waals surface area contributed by atoms with Crippen molar-refractivity contribution < 1.29 is 70.1 Å². The molecule has 2 aromatic heterocycles. The molecule has 196 valence electrons. The molecule has 35 heavy (non-hydrogen) atoms. The number of hydrogen-bond acceptors (Lipinski definition) is 11. The van der Waals surface area contributed by atoms with Crippen LogP contribution in [0.15, 0.2) is 10.9 Å². The van der Waals surface area contributed by atoms with Gasteiger partial charge in [0.2, 0.25) is 0 Å². The standard InChI is InChI=1S/C14H17F2N2O14P3/c1-4-8(15)9(16)5-2-6(14(21)18-13(5)17-4)12-11(20)10(19)7(30-12)3-29-34(25,26)32-35(27,28)31-33(22,23)24/h2,7,10-12,19-20H,3H2,1H3,(H,25,26)(H,27,28)(H,17,18,21)(H2,22,23,24)/t7-,10+,11?,12+/m1/s1. The number of fused-ring (bicyclic) bond motifs is 1. The van der Waals surface area contributed by atoms with Gasteiger partial charge in [-0.05, 0) is 13.0 Å². The third-order valence-corrected chi connectivity index (χ3v) is 8.36. The summed E-state index contributed by atoms with van der Waals surface area (Å²) >= 11 is 0. The van der Waals surface area contributed by atoms with Crippen LogP contribution < -0.4 is 5.56 Å². The molecule has 3 unspecified atom stereocenters. The molecule has 0 aliphatic carbocycles. The fourth-order valence-electron chi connectivity index (χ4n) is 3.11. The highest BCUT2D eigenvalue weighted by atomic mass is 31.3. The summed E-state index contributed by atoms with van der Waals surface area (Å²) in [7, 11) is -17.0. The molecule has 0 spiro atoms. The number of rotatable bonds is 8. The summed E-state index contributed by atoms with van der Waals surface area (Å²) in [6, 6.07) is 0.824. The van der Waals surface area contributed by atoms with Gasteiger partial charge in [-0.25, -0.2) is 27.5 Å². The molecule has 0 bridgehead atoms. The van der Waals surface area contributed by atoms with Crippen molar-refractivity contribution in [3.63, 3.8) is 0 Å². The van der Waals surface area contributed by atoms with E-state index in [9.17, 15) is 42.4 Å². The Balaban J connectivity index is 1.79. The first-order valence-corrected chi connectivity index (χ1v) is 13.6. The van der Waals surface area contributed by atoms with Crippen molar-refractivity contribution in [2.45, 2.75) is 31.3 Å². The summed E-state index contributed by atoms with van der Waals surface area (Å²) in [6.45, 7) is 0.0279. The molecule has 0 aromatic carbocycles. The van der Waals surface area contributed by atoms with Gasteiger partial charge < -0.3 is 39.5 Å². The number of hydrogen-bond donors (Lipinski definition) is 7. The summed E-state index contributed by atoms with van der Waals surface area (Å²) < 4.78 is 78.6. The number of nitrogens with one attached hydrogen (secondary N) is 1. The number of ether oxygens (including phenoxy) is 1. The number of aliphatic hydroxyl groups excluding tert-OH is 2. The van der Waals surface area contributed by atoms with Gasteiger partial charge in [-0.3, -0.25) is 9.32 Å². The first-order valence-electron chi connectivity index (χ1n) is 9.09. The van der Waals surface area contributed by atoms with Gasteiger partial charge in [0, 0.05) is 5.56 Å². The molecule has 6 atom stereocenters. The minimum atomic E-state index is -5.80. The van der Waals surface area contributed by atoms with Gasteiger partial charge in [-0.2, -0.15) is 8.62 Å². The number of phosphoric acid groups is 3. The highest BCUT2D eigenvalue weighted by Crippen LogP contribution is 2.66. The number of halogens is 2. The maximum atomic E-state index is 14.3. The van der Waals surface area contributed by atoms with E-state index in [1.54, 1.807) is 0 Å². The van der Waals surface area contributed by atoms with E-state index < -0.39 is 82.6 Å². The highest BCUT2D eigenvalue weighted by Gasteiger charge is 2.47. The lowest BCUT2D eigenvalue weighted by molar-refractivity contribution is -0.0226. The van der Waals surface area contributed by atoms with E-state index in [0.717, 1.165) is 13.0 Å². The van der Waals surface area contributed by atoms with E-state index >= 15 is 0 Å². The fraction of sp³-hybridized carbons (Fsp3) is 0.429. The van der Waals surface area contributed by atoms with Crippen LogP contribution in [0.2, 0.25) is 0 Å². The Morgan fingerprint density at radius 3 is 2.29 bits per heavy atom. The van der Waals surface area contributed by atoms with Crippen molar-refractivity contribution >= 4 is 34.5 Å². The zero-order valence-corrected chi connectivity index (χ0v) is 19.8. The quantitative estimate of drug-likeness (QED) is 0.207. The van der Waals surface area contributed by atoms with E-state index in [-0.39, 0.29) is 11.3 Å². The fourth-order valence-corrected chi connectivity index (χ4v) is 6.14. The molecule has 21 heteroatoms. The predicted octanol–water partition coefficient (Wildman–Crippen LogP) is 0.0147. The molecule has 2 aromatic rings. The van der Waals surface area contributed by atoms with Crippen LogP contribution in [0.25, 0.3) is 11.0 Å². The Morgan fingerprint density at radius 2 is 1.69 bits per heavy atom. The number of aromatic nitrogens is 2. The summed E-state index contributed by atoms with van der Waals surface area (Å²) in [5, 5.41) is 19.9. The lowest BCUT2D eigenvalue weighted by Gasteiger charge is -2.19. The zero-order valence-electron chi connectivity index (χ0n) is 17.1. The molecular formula is C14H17F2N2O14P3. The summed E-state index contributed by atoms with van der Waals surface area (Å²) in [5.74, 6) is -2.65. The van der Waals surface area contributed by atoms with Crippen molar-refractivity contribution in [3.8, 4) is 0 Å². The van der Waals surface area contributed by atoms with Gasteiger partial charge in [0.25, 0.3) is 5.56 Å². The van der Waals surface area contributed by atoms with E-state index in [1.807, 2.05) is 0 Å². The van der Waals surface area contributed by atoms with Crippen molar-refractivity contribution in [1.82, 2.24) is 9.97 Å². The molecule has 0 radical (unpaired) electrons. The molecule has 16 nitrogen and oxygen atoms in total. The third kappa shape index (κ3) is 6.45. The lowest BCUT2D eigenvalue weighted by Crippen LogP contribution is -2.33. The second kappa shape index (κ2) is 9.76. The predicted molar refractivity (Wildman–Crippen MR) is 106 cm³/mol. The Labute approximate surface area is 192 Å². The van der Waals surface area contributed by atoms with Crippen molar-refractivity contribution in [1.29, 1.82) is 0 Å². The van der Waals surface area contributed by atoms with Crippen LogP contribution in [0, 0.1) is 18.6 Å². The summed E-state index contributed by atoms with van der Waals surface area (Å²) in [5.41, 5.74) is -2.08. The molecule has 0 saturated carbocycles. The largest absolute Gasteiger partial charge is 0.490 e. The summed E-state index contributed by atoms with van der Waals surface area (Å²) in [6.07, 6.45) is -7.17. The second-order valence-corrected chi connectivity index (χ2v) is 11.5. The van der Waals surface area contributed by atoms with Crippen LogP contribution in [0.4, 0.5) is 8.78 Å². The summed E-state index contributed by atoms with van der Waals surface area (Å²) in [4.78, 5) is 53.9. The Kier molecular flexibility index (Phi) is 7.83. The maximum absolute atomic E-state index is 14.3. The number of aromatic amines is 1. The first-order chi connectivity index (χ1) is 15.9. The minimum absolute atomic E-state index is 0.313. The number of aliphatic hydroxyl groups is 2. The van der Waals surface area contributed by atoms with E-state index in [0.29, 0.717) is 0 Å². The molecule has 0 amide bonds. The van der Waals surface area contributed by atoms with Crippen LogP contribution in [-0.4, -0.2) is 64.7 Å². The van der Waals surface area contributed by atoms with Crippen molar-refractivity contribution in [2.75, 3.05) is 6.61 Å².